The highest BCUT2D eigenvalue weighted by atomic mass is 32.2. The number of sulfone groups is 1. The SMILES string of the molecule is CN(CCc1ccncc1)C(=O)CC(=O)N(C)C1CCS(=O)(=O)C1. The van der Waals surface area contributed by atoms with E-state index in [9.17, 15) is 18.0 Å². The maximum absolute atomic E-state index is 12.2. The monoisotopic (exact) mass is 353 g/mol. The first-order valence-electron chi connectivity index (χ1n) is 7.87. The largest absolute Gasteiger partial charge is 0.345 e. The molecule has 2 rings (SSSR count). The van der Waals surface area contributed by atoms with Crippen molar-refractivity contribution in [2.75, 3.05) is 32.1 Å². The van der Waals surface area contributed by atoms with Gasteiger partial charge in [-0.15, -0.1) is 0 Å². The number of carbonyl (C=O) groups is 2. The molecule has 1 aromatic rings. The number of likely N-dealkylation sites (N-methyl/N-ethyl adjacent to an activating group) is 1. The minimum Gasteiger partial charge on any atom is -0.345 e. The van der Waals surface area contributed by atoms with E-state index in [0.717, 1.165) is 5.56 Å². The van der Waals surface area contributed by atoms with Crippen LogP contribution in [0.3, 0.4) is 0 Å². The molecule has 0 aromatic carbocycles. The van der Waals surface area contributed by atoms with Gasteiger partial charge in [0, 0.05) is 39.1 Å². The molecule has 2 amide bonds. The van der Waals surface area contributed by atoms with Gasteiger partial charge in [0.1, 0.15) is 6.42 Å². The van der Waals surface area contributed by atoms with Gasteiger partial charge in [-0.2, -0.15) is 0 Å². The Kier molecular flexibility index (Phi) is 5.93. The van der Waals surface area contributed by atoms with Crippen molar-refractivity contribution in [2.24, 2.45) is 0 Å². The lowest BCUT2D eigenvalue weighted by molar-refractivity contribution is -0.140. The van der Waals surface area contributed by atoms with Gasteiger partial charge in [-0.1, -0.05) is 0 Å². The Labute approximate surface area is 142 Å². The van der Waals surface area contributed by atoms with Crippen molar-refractivity contribution >= 4 is 21.7 Å². The third kappa shape index (κ3) is 5.02. The highest BCUT2D eigenvalue weighted by Crippen LogP contribution is 2.17. The average Bonchev–Trinajstić information content (AvgIpc) is 2.92. The van der Waals surface area contributed by atoms with Crippen molar-refractivity contribution in [3.8, 4) is 0 Å². The Balaban J connectivity index is 1.81. The lowest BCUT2D eigenvalue weighted by Gasteiger charge is -2.24. The van der Waals surface area contributed by atoms with Gasteiger partial charge in [0.05, 0.1) is 11.5 Å². The number of aromatic nitrogens is 1. The van der Waals surface area contributed by atoms with E-state index in [1.807, 2.05) is 12.1 Å². The molecule has 24 heavy (non-hydrogen) atoms. The summed E-state index contributed by atoms with van der Waals surface area (Å²) in [5.74, 6) is -0.504. The fraction of sp³-hybridized carbons (Fsp3) is 0.562. The maximum atomic E-state index is 12.2. The molecular weight excluding hydrogens is 330 g/mol. The van der Waals surface area contributed by atoms with Crippen LogP contribution in [0, 0.1) is 0 Å². The zero-order chi connectivity index (χ0) is 17.7. The van der Waals surface area contributed by atoms with E-state index in [1.165, 1.54) is 9.80 Å². The van der Waals surface area contributed by atoms with Crippen LogP contribution >= 0.6 is 0 Å². The first-order chi connectivity index (χ1) is 11.3. The Morgan fingerprint density at radius 2 is 1.88 bits per heavy atom. The third-order valence-electron chi connectivity index (χ3n) is 4.36. The van der Waals surface area contributed by atoms with Crippen molar-refractivity contribution in [3.63, 3.8) is 0 Å². The van der Waals surface area contributed by atoms with Crippen LogP contribution in [0.4, 0.5) is 0 Å². The Morgan fingerprint density at radius 3 is 2.46 bits per heavy atom. The number of hydrogen-bond acceptors (Lipinski definition) is 5. The first kappa shape index (κ1) is 18.4. The Hall–Kier alpha value is -1.96. The molecule has 0 N–H and O–H groups in total. The molecule has 7 nitrogen and oxygen atoms in total. The molecule has 0 radical (unpaired) electrons. The first-order valence-corrected chi connectivity index (χ1v) is 9.69. The molecule has 0 bridgehead atoms. The van der Waals surface area contributed by atoms with E-state index in [1.54, 1.807) is 26.5 Å². The van der Waals surface area contributed by atoms with Crippen LogP contribution < -0.4 is 0 Å². The zero-order valence-electron chi connectivity index (χ0n) is 14.0. The highest BCUT2D eigenvalue weighted by Gasteiger charge is 2.33. The summed E-state index contributed by atoms with van der Waals surface area (Å²) in [5, 5.41) is 0. The minimum atomic E-state index is -3.05. The van der Waals surface area contributed by atoms with E-state index in [4.69, 9.17) is 0 Å². The van der Waals surface area contributed by atoms with E-state index in [-0.39, 0.29) is 35.8 Å². The number of hydrogen-bond donors (Lipinski definition) is 0. The van der Waals surface area contributed by atoms with Crippen molar-refractivity contribution < 1.29 is 18.0 Å². The van der Waals surface area contributed by atoms with E-state index in [0.29, 0.717) is 19.4 Å². The lowest BCUT2D eigenvalue weighted by atomic mass is 10.2. The normalized spacial score (nSPS) is 19.0. The number of rotatable bonds is 6. The minimum absolute atomic E-state index is 0.0126. The molecule has 8 heteroatoms. The second kappa shape index (κ2) is 7.74. The van der Waals surface area contributed by atoms with E-state index < -0.39 is 9.84 Å². The smallest absolute Gasteiger partial charge is 0.232 e. The average molecular weight is 353 g/mol. The molecule has 1 atom stereocenters. The molecule has 1 unspecified atom stereocenters. The molecule has 1 fully saturated rings. The summed E-state index contributed by atoms with van der Waals surface area (Å²) < 4.78 is 23.0. The summed E-state index contributed by atoms with van der Waals surface area (Å²) in [6.07, 6.45) is 4.29. The highest BCUT2D eigenvalue weighted by molar-refractivity contribution is 7.91. The van der Waals surface area contributed by atoms with Crippen LogP contribution in [0.15, 0.2) is 24.5 Å². The van der Waals surface area contributed by atoms with Crippen LogP contribution in [-0.4, -0.2) is 73.2 Å². The Bertz CT molecular complexity index is 691. The molecule has 0 aliphatic carbocycles. The van der Waals surface area contributed by atoms with E-state index in [2.05, 4.69) is 4.98 Å². The van der Waals surface area contributed by atoms with Gasteiger partial charge in [0.2, 0.25) is 11.8 Å². The van der Waals surface area contributed by atoms with Gasteiger partial charge in [0.15, 0.2) is 9.84 Å². The molecule has 2 heterocycles. The molecule has 0 saturated carbocycles. The van der Waals surface area contributed by atoms with Crippen LogP contribution in [-0.2, 0) is 25.8 Å². The van der Waals surface area contributed by atoms with Crippen LogP contribution in [0.5, 0.6) is 0 Å². The summed E-state index contributed by atoms with van der Waals surface area (Å²) in [4.78, 5) is 31.2. The maximum Gasteiger partial charge on any atom is 0.232 e. The molecule has 0 spiro atoms. The molecule has 1 saturated heterocycles. The van der Waals surface area contributed by atoms with Crippen molar-refractivity contribution in [2.45, 2.75) is 25.3 Å². The Morgan fingerprint density at radius 1 is 1.21 bits per heavy atom. The van der Waals surface area contributed by atoms with Crippen molar-refractivity contribution in [3.05, 3.63) is 30.1 Å². The van der Waals surface area contributed by atoms with Crippen LogP contribution in [0.25, 0.3) is 0 Å². The molecule has 1 aliphatic heterocycles. The fourth-order valence-corrected chi connectivity index (χ4v) is 4.42. The lowest BCUT2D eigenvalue weighted by Crippen LogP contribution is -2.41. The summed E-state index contributed by atoms with van der Waals surface area (Å²) in [6, 6.07) is 3.45. The standard InChI is InChI=1S/C16H23N3O4S/c1-18(9-5-13-3-7-17-8-4-13)15(20)11-16(21)19(2)14-6-10-24(22,23)12-14/h3-4,7-8,14H,5-6,9-12H2,1-2H3. The number of amides is 2. The van der Waals surface area contributed by atoms with Gasteiger partial charge in [-0.3, -0.25) is 14.6 Å². The topological polar surface area (TPSA) is 87.7 Å². The second-order valence-corrected chi connectivity index (χ2v) is 8.39. The van der Waals surface area contributed by atoms with Crippen molar-refractivity contribution in [1.82, 2.24) is 14.8 Å². The molecule has 132 valence electrons. The summed E-state index contributed by atoms with van der Waals surface area (Å²) >= 11 is 0. The summed E-state index contributed by atoms with van der Waals surface area (Å²) in [7, 11) is 0.179. The van der Waals surface area contributed by atoms with Crippen LogP contribution in [0.2, 0.25) is 0 Å². The summed E-state index contributed by atoms with van der Waals surface area (Å²) in [6.45, 7) is 0.512. The number of pyridine rings is 1. The predicted octanol–water partition coefficient (Wildman–Crippen LogP) is 0.118. The van der Waals surface area contributed by atoms with Crippen molar-refractivity contribution in [1.29, 1.82) is 0 Å². The molecule has 1 aromatic heterocycles. The molecule has 1 aliphatic rings. The van der Waals surface area contributed by atoms with Gasteiger partial charge < -0.3 is 9.80 Å². The second-order valence-electron chi connectivity index (χ2n) is 6.16. The number of carbonyl (C=O) groups excluding carboxylic acids is 2. The van der Waals surface area contributed by atoms with Gasteiger partial charge in [-0.05, 0) is 30.5 Å². The van der Waals surface area contributed by atoms with Crippen LogP contribution in [0.1, 0.15) is 18.4 Å². The van der Waals surface area contributed by atoms with Gasteiger partial charge in [-0.25, -0.2) is 8.42 Å². The quantitative estimate of drug-likeness (QED) is 0.678. The predicted molar refractivity (Wildman–Crippen MR) is 90.0 cm³/mol. The van der Waals surface area contributed by atoms with E-state index >= 15 is 0 Å². The van der Waals surface area contributed by atoms with Gasteiger partial charge >= 0.3 is 0 Å². The zero-order valence-corrected chi connectivity index (χ0v) is 14.8. The van der Waals surface area contributed by atoms with Gasteiger partial charge in [0.25, 0.3) is 0 Å². The third-order valence-corrected chi connectivity index (χ3v) is 6.11. The fourth-order valence-electron chi connectivity index (χ4n) is 2.64. The number of nitrogens with zero attached hydrogens (tertiary/aromatic N) is 3. The summed E-state index contributed by atoms with van der Waals surface area (Å²) in [5.41, 5.74) is 1.07. The molecular formula is C16H23N3O4S.